The van der Waals surface area contributed by atoms with Crippen LogP contribution in [0.4, 0.5) is 5.82 Å². The molecule has 3 aromatic rings. The Morgan fingerprint density at radius 2 is 1.41 bits per heavy atom. The number of rotatable bonds is 3. The minimum Gasteiger partial charge on any atom is -0.307 e. The molecule has 3 rings (SSSR count). The fraction of sp³-hybridized carbons (Fsp3) is 0.0526. The van der Waals surface area contributed by atoms with E-state index in [4.69, 9.17) is 0 Å². The summed E-state index contributed by atoms with van der Waals surface area (Å²) >= 11 is 0. The Bertz CT molecular complexity index is 808. The highest BCUT2D eigenvalue weighted by molar-refractivity contribution is 6.13. The number of aromatic amines is 1. The normalized spacial score (nSPS) is 10.2. The molecule has 1 heterocycles. The lowest BCUT2D eigenvalue weighted by molar-refractivity contribution is 1.18. The van der Waals surface area contributed by atoms with Crippen molar-refractivity contribution in [1.82, 2.24) is 4.98 Å². The van der Waals surface area contributed by atoms with E-state index >= 15 is 0 Å². The Labute approximate surface area is 129 Å². The Morgan fingerprint density at radius 1 is 0.864 bits per heavy atom. The fourth-order valence-electron chi connectivity index (χ4n) is 2.33. The number of aromatic nitrogens is 1. The van der Waals surface area contributed by atoms with Gasteiger partial charge in [-0.3, -0.25) is 4.79 Å². The fourth-order valence-corrected chi connectivity index (χ4v) is 2.33. The SMILES string of the molecule is Cc1cc(N=C(c2ccccc2)c2ccccc2)[nH]c(=O)c1. The molecule has 0 atom stereocenters. The average molecular weight is 288 g/mol. The van der Waals surface area contributed by atoms with Crippen LogP contribution in [0.3, 0.4) is 0 Å². The second-order valence-corrected chi connectivity index (χ2v) is 5.10. The van der Waals surface area contributed by atoms with E-state index in [1.807, 2.05) is 73.7 Å². The van der Waals surface area contributed by atoms with Crippen LogP contribution in [0.1, 0.15) is 16.7 Å². The van der Waals surface area contributed by atoms with Gasteiger partial charge in [-0.2, -0.15) is 0 Å². The number of pyridine rings is 1. The lowest BCUT2D eigenvalue weighted by Crippen LogP contribution is -2.06. The third kappa shape index (κ3) is 3.20. The largest absolute Gasteiger partial charge is 0.307 e. The summed E-state index contributed by atoms with van der Waals surface area (Å²) in [6, 6.07) is 23.3. The second kappa shape index (κ2) is 6.22. The van der Waals surface area contributed by atoms with Crippen molar-refractivity contribution in [2.24, 2.45) is 4.99 Å². The number of nitrogens with one attached hydrogen (secondary N) is 1. The molecule has 2 aromatic carbocycles. The van der Waals surface area contributed by atoms with Gasteiger partial charge in [-0.15, -0.1) is 0 Å². The molecule has 0 saturated carbocycles. The Kier molecular flexibility index (Phi) is 3.97. The van der Waals surface area contributed by atoms with E-state index in [2.05, 4.69) is 9.98 Å². The maximum Gasteiger partial charge on any atom is 0.249 e. The summed E-state index contributed by atoms with van der Waals surface area (Å²) in [7, 11) is 0. The molecule has 108 valence electrons. The molecule has 0 aliphatic heterocycles. The highest BCUT2D eigenvalue weighted by Gasteiger charge is 2.07. The first-order valence-corrected chi connectivity index (χ1v) is 7.13. The molecule has 22 heavy (non-hydrogen) atoms. The Morgan fingerprint density at radius 3 is 1.91 bits per heavy atom. The summed E-state index contributed by atoms with van der Waals surface area (Å²) < 4.78 is 0. The molecular weight excluding hydrogens is 272 g/mol. The zero-order valence-electron chi connectivity index (χ0n) is 12.3. The van der Waals surface area contributed by atoms with Crippen LogP contribution in [0.5, 0.6) is 0 Å². The van der Waals surface area contributed by atoms with Crippen molar-refractivity contribution >= 4 is 11.5 Å². The number of hydrogen-bond acceptors (Lipinski definition) is 2. The van der Waals surface area contributed by atoms with Gasteiger partial charge in [-0.1, -0.05) is 60.7 Å². The topological polar surface area (TPSA) is 45.2 Å². The maximum atomic E-state index is 11.6. The van der Waals surface area contributed by atoms with Crippen molar-refractivity contribution in [2.45, 2.75) is 6.92 Å². The summed E-state index contributed by atoms with van der Waals surface area (Å²) in [5.41, 5.74) is 3.61. The first-order valence-electron chi connectivity index (χ1n) is 7.13. The molecule has 0 spiro atoms. The number of nitrogens with zero attached hydrogens (tertiary/aromatic N) is 1. The molecular formula is C19H16N2O. The molecule has 0 amide bonds. The standard InChI is InChI=1S/C19H16N2O/c1-14-12-17(20-18(22)13-14)21-19(15-8-4-2-5-9-15)16-10-6-3-7-11-16/h2-13H,1H3,(H,20,22). The van der Waals surface area contributed by atoms with Gasteiger partial charge in [0.15, 0.2) is 0 Å². The van der Waals surface area contributed by atoms with Crippen molar-refractivity contribution in [1.29, 1.82) is 0 Å². The van der Waals surface area contributed by atoms with E-state index in [1.165, 1.54) is 0 Å². The van der Waals surface area contributed by atoms with Gasteiger partial charge in [0.25, 0.3) is 0 Å². The van der Waals surface area contributed by atoms with Crippen molar-refractivity contribution in [3.63, 3.8) is 0 Å². The molecule has 0 aliphatic carbocycles. The Hall–Kier alpha value is -2.94. The van der Waals surface area contributed by atoms with Gasteiger partial charge in [0.1, 0.15) is 5.82 Å². The Balaban J connectivity index is 2.17. The smallest absolute Gasteiger partial charge is 0.249 e. The van der Waals surface area contributed by atoms with Gasteiger partial charge in [-0.05, 0) is 18.6 Å². The van der Waals surface area contributed by atoms with E-state index in [0.717, 1.165) is 22.4 Å². The van der Waals surface area contributed by atoms with Crippen LogP contribution in [-0.2, 0) is 0 Å². The van der Waals surface area contributed by atoms with Crippen LogP contribution < -0.4 is 5.56 Å². The number of benzene rings is 2. The van der Waals surface area contributed by atoms with Crippen LogP contribution in [0.2, 0.25) is 0 Å². The lowest BCUT2D eigenvalue weighted by Gasteiger charge is -2.07. The van der Waals surface area contributed by atoms with E-state index in [1.54, 1.807) is 6.07 Å². The van der Waals surface area contributed by atoms with Crippen molar-refractivity contribution in [2.75, 3.05) is 0 Å². The van der Waals surface area contributed by atoms with Crippen LogP contribution in [-0.4, -0.2) is 10.7 Å². The molecule has 1 N–H and O–H groups in total. The van der Waals surface area contributed by atoms with Gasteiger partial charge >= 0.3 is 0 Å². The summed E-state index contributed by atoms with van der Waals surface area (Å²) in [4.78, 5) is 19.1. The zero-order valence-corrected chi connectivity index (χ0v) is 12.3. The molecule has 0 bridgehead atoms. The van der Waals surface area contributed by atoms with Crippen LogP contribution in [0.25, 0.3) is 0 Å². The minimum atomic E-state index is -0.140. The third-order valence-electron chi connectivity index (χ3n) is 3.30. The first kappa shape index (κ1) is 14.0. The minimum absolute atomic E-state index is 0.140. The van der Waals surface area contributed by atoms with E-state index < -0.39 is 0 Å². The van der Waals surface area contributed by atoms with Crippen molar-refractivity contribution < 1.29 is 0 Å². The number of H-pyrrole nitrogens is 1. The summed E-state index contributed by atoms with van der Waals surface area (Å²) in [6.07, 6.45) is 0. The van der Waals surface area contributed by atoms with Gasteiger partial charge in [0, 0.05) is 17.2 Å². The predicted molar refractivity (Wildman–Crippen MR) is 90.0 cm³/mol. The average Bonchev–Trinajstić information content (AvgIpc) is 2.53. The maximum absolute atomic E-state index is 11.6. The quantitative estimate of drug-likeness (QED) is 0.731. The molecule has 0 saturated heterocycles. The molecule has 0 fully saturated rings. The van der Waals surface area contributed by atoms with E-state index in [-0.39, 0.29) is 5.56 Å². The number of aliphatic imine (C=N–C) groups is 1. The molecule has 0 aliphatic rings. The summed E-state index contributed by atoms with van der Waals surface area (Å²) in [5, 5.41) is 0. The van der Waals surface area contributed by atoms with Crippen molar-refractivity contribution in [3.8, 4) is 0 Å². The number of hydrogen-bond donors (Lipinski definition) is 1. The second-order valence-electron chi connectivity index (χ2n) is 5.10. The van der Waals surface area contributed by atoms with Gasteiger partial charge in [0.2, 0.25) is 5.56 Å². The highest BCUT2D eigenvalue weighted by Crippen LogP contribution is 2.16. The monoisotopic (exact) mass is 288 g/mol. The van der Waals surface area contributed by atoms with Gasteiger partial charge in [-0.25, -0.2) is 4.99 Å². The molecule has 0 radical (unpaired) electrons. The summed E-state index contributed by atoms with van der Waals surface area (Å²) in [5.74, 6) is 0.563. The van der Waals surface area contributed by atoms with Gasteiger partial charge in [0.05, 0.1) is 5.71 Å². The molecule has 0 unspecified atom stereocenters. The van der Waals surface area contributed by atoms with Crippen LogP contribution in [0.15, 0.2) is 82.6 Å². The summed E-state index contributed by atoms with van der Waals surface area (Å²) in [6.45, 7) is 1.89. The van der Waals surface area contributed by atoms with Crippen LogP contribution in [0, 0.1) is 6.92 Å². The van der Waals surface area contributed by atoms with E-state index in [9.17, 15) is 4.79 Å². The third-order valence-corrected chi connectivity index (χ3v) is 3.30. The van der Waals surface area contributed by atoms with E-state index in [0.29, 0.717) is 5.82 Å². The van der Waals surface area contributed by atoms with Crippen molar-refractivity contribution in [3.05, 3.63) is 99.8 Å². The van der Waals surface area contributed by atoms with Crippen LogP contribution >= 0.6 is 0 Å². The molecule has 1 aromatic heterocycles. The first-order chi connectivity index (χ1) is 10.7. The number of aryl methyl sites for hydroxylation is 1. The lowest BCUT2D eigenvalue weighted by atomic mass is 10.0. The zero-order chi connectivity index (χ0) is 15.4. The highest BCUT2D eigenvalue weighted by atomic mass is 16.1. The molecule has 3 nitrogen and oxygen atoms in total. The molecule has 3 heteroatoms. The van der Waals surface area contributed by atoms with Gasteiger partial charge < -0.3 is 4.98 Å². The predicted octanol–water partition coefficient (Wildman–Crippen LogP) is 3.85.